The quantitative estimate of drug-likeness (QED) is 0.669. The molecule has 2 amide bonds. The number of carbonyl (C=O) groups is 2. The summed E-state index contributed by atoms with van der Waals surface area (Å²) < 4.78 is 10.9. The predicted octanol–water partition coefficient (Wildman–Crippen LogP) is 3.58. The van der Waals surface area contributed by atoms with E-state index in [1.54, 1.807) is 0 Å². The van der Waals surface area contributed by atoms with Crippen molar-refractivity contribution in [3.05, 3.63) is 22.7 Å². The van der Waals surface area contributed by atoms with Gasteiger partial charge in [-0.2, -0.15) is 0 Å². The predicted molar refractivity (Wildman–Crippen MR) is 123 cm³/mol. The van der Waals surface area contributed by atoms with E-state index in [1.165, 1.54) is 0 Å². The molecule has 3 heterocycles. The first-order chi connectivity index (χ1) is 15.4. The number of hydrogen-bond acceptors (Lipinski definition) is 5. The maximum absolute atomic E-state index is 13.4. The number of nitrogens with one attached hydrogen (secondary N) is 1. The number of nitrogens with zero attached hydrogens (tertiary/aromatic N) is 2. The van der Waals surface area contributed by atoms with Crippen molar-refractivity contribution >= 4 is 23.4 Å². The van der Waals surface area contributed by atoms with Crippen LogP contribution in [0.25, 0.3) is 0 Å². The molecule has 1 N–H and O–H groups in total. The van der Waals surface area contributed by atoms with E-state index in [4.69, 9.17) is 21.1 Å². The highest BCUT2D eigenvalue weighted by Crippen LogP contribution is 2.42. The number of unbranched alkanes of at least 4 members (excludes halogenated alkanes) is 1. The first kappa shape index (κ1) is 23.2. The molecular weight excluding hydrogens is 430 g/mol. The van der Waals surface area contributed by atoms with Crippen LogP contribution < -0.4 is 14.8 Å². The monoisotopic (exact) mass is 463 g/mol. The van der Waals surface area contributed by atoms with E-state index >= 15 is 0 Å². The van der Waals surface area contributed by atoms with Crippen molar-refractivity contribution in [2.75, 3.05) is 26.4 Å². The summed E-state index contributed by atoms with van der Waals surface area (Å²) in [6, 6.07) is 3.46. The molecule has 7 nitrogen and oxygen atoms in total. The van der Waals surface area contributed by atoms with Gasteiger partial charge in [0.2, 0.25) is 18.6 Å². The molecule has 1 aromatic carbocycles. The molecule has 3 aliphatic heterocycles. The van der Waals surface area contributed by atoms with Crippen LogP contribution in [-0.2, 0) is 16.1 Å². The van der Waals surface area contributed by atoms with Crippen LogP contribution in [0.2, 0.25) is 5.02 Å². The molecule has 0 bridgehead atoms. The molecule has 4 rings (SSSR count). The Morgan fingerprint density at radius 1 is 1.22 bits per heavy atom. The van der Waals surface area contributed by atoms with Crippen LogP contribution in [0.3, 0.4) is 0 Å². The Hall–Kier alpha value is -1.99. The van der Waals surface area contributed by atoms with Crippen molar-refractivity contribution in [1.82, 2.24) is 15.1 Å². The number of rotatable bonds is 7. The Morgan fingerprint density at radius 3 is 2.66 bits per heavy atom. The van der Waals surface area contributed by atoms with Gasteiger partial charge in [0.1, 0.15) is 11.6 Å². The molecule has 0 saturated carbocycles. The highest BCUT2D eigenvalue weighted by atomic mass is 35.5. The van der Waals surface area contributed by atoms with Crippen LogP contribution in [0.4, 0.5) is 0 Å². The first-order valence-electron chi connectivity index (χ1n) is 11.8. The largest absolute Gasteiger partial charge is 0.454 e. The molecule has 8 heteroatoms. The van der Waals surface area contributed by atoms with E-state index in [0.29, 0.717) is 54.8 Å². The molecule has 0 radical (unpaired) electrons. The van der Waals surface area contributed by atoms with E-state index in [9.17, 15) is 9.59 Å². The number of benzene rings is 1. The summed E-state index contributed by atoms with van der Waals surface area (Å²) in [4.78, 5) is 30.9. The smallest absolute Gasteiger partial charge is 0.246 e. The SMILES string of the molecule is CCCCN1C(=O)C(CC(C)C)NC(=O)C12CCN(Cc1ccc3c(c1Cl)OCO3)CC2. The highest BCUT2D eigenvalue weighted by Gasteiger charge is 2.53. The molecule has 3 aliphatic rings. The van der Waals surface area contributed by atoms with Crippen LogP contribution in [0.15, 0.2) is 12.1 Å². The second-order valence-electron chi connectivity index (χ2n) is 9.58. The van der Waals surface area contributed by atoms with Gasteiger partial charge in [-0.3, -0.25) is 14.5 Å². The van der Waals surface area contributed by atoms with Crippen molar-refractivity contribution in [1.29, 1.82) is 0 Å². The minimum absolute atomic E-state index is 0.0135. The van der Waals surface area contributed by atoms with Crippen molar-refractivity contribution in [3.8, 4) is 11.5 Å². The molecule has 1 unspecified atom stereocenters. The fraction of sp³-hybridized carbons (Fsp3) is 0.667. The van der Waals surface area contributed by atoms with Crippen LogP contribution >= 0.6 is 11.6 Å². The zero-order valence-corrected chi connectivity index (χ0v) is 20.0. The van der Waals surface area contributed by atoms with E-state index < -0.39 is 11.6 Å². The first-order valence-corrected chi connectivity index (χ1v) is 12.1. The fourth-order valence-corrected chi connectivity index (χ4v) is 5.34. The van der Waals surface area contributed by atoms with Gasteiger partial charge >= 0.3 is 0 Å². The molecule has 32 heavy (non-hydrogen) atoms. The van der Waals surface area contributed by atoms with Gasteiger partial charge in [-0.05, 0) is 43.2 Å². The van der Waals surface area contributed by atoms with E-state index in [0.717, 1.165) is 31.5 Å². The molecule has 0 aromatic heterocycles. The summed E-state index contributed by atoms with van der Waals surface area (Å²) in [7, 11) is 0. The van der Waals surface area contributed by atoms with E-state index in [2.05, 4.69) is 31.0 Å². The summed E-state index contributed by atoms with van der Waals surface area (Å²) in [5.74, 6) is 1.73. The Kier molecular flexibility index (Phi) is 6.86. The van der Waals surface area contributed by atoms with Gasteiger partial charge in [-0.15, -0.1) is 0 Å². The molecular formula is C24H34ClN3O4. The number of carbonyl (C=O) groups excluding carboxylic acids is 2. The van der Waals surface area contributed by atoms with Crippen molar-refractivity contribution in [2.24, 2.45) is 5.92 Å². The molecule has 0 aliphatic carbocycles. The van der Waals surface area contributed by atoms with E-state index in [1.807, 2.05) is 17.0 Å². The average Bonchev–Trinajstić information content (AvgIpc) is 3.25. The highest BCUT2D eigenvalue weighted by molar-refractivity contribution is 6.33. The molecule has 1 spiro atoms. The minimum Gasteiger partial charge on any atom is -0.454 e. The average molecular weight is 464 g/mol. The summed E-state index contributed by atoms with van der Waals surface area (Å²) in [5, 5.41) is 3.66. The Morgan fingerprint density at radius 2 is 1.97 bits per heavy atom. The van der Waals surface area contributed by atoms with Gasteiger partial charge in [0.15, 0.2) is 11.5 Å². The fourth-order valence-electron chi connectivity index (χ4n) is 5.07. The summed E-state index contributed by atoms with van der Waals surface area (Å²) in [6.07, 6.45) is 3.84. The molecule has 1 atom stereocenters. The summed E-state index contributed by atoms with van der Waals surface area (Å²) in [5.41, 5.74) is 0.241. The molecule has 2 fully saturated rings. The molecule has 176 valence electrons. The number of fused-ring (bicyclic) bond motifs is 1. The third-order valence-electron chi connectivity index (χ3n) is 6.89. The van der Waals surface area contributed by atoms with Gasteiger partial charge in [0, 0.05) is 26.2 Å². The van der Waals surface area contributed by atoms with Crippen LogP contribution in [0.1, 0.15) is 58.4 Å². The Bertz CT molecular complexity index is 867. The third kappa shape index (κ3) is 4.29. The van der Waals surface area contributed by atoms with Crippen molar-refractivity contribution < 1.29 is 19.1 Å². The normalized spacial score (nSPS) is 22.7. The second-order valence-corrected chi connectivity index (χ2v) is 9.96. The number of likely N-dealkylation sites (tertiary alicyclic amines) is 1. The number of piperazine rings is 1. The third-order valence-corrected chi connectivity index (χ3v) is 7.30. The lowest BCUT2D eigenvalue weighted by molar-refractivity contribution is -0.161. The number of halogens is 1. The number of ether oxygens (including phenoxy) is 2. The van der Waals surface area contributed by atoms with Crippen LogP contribution in [-0.4, -0.2) is 59.6 Å². The summed E-state index contributed by atoms with van der Waals surface area (Å²) >= 11 is 6.55. The Balaban J connectivity index is 1.47. The maximum atomic E-state index is 13.4. The Labute approximate surface area is 195 Å². The van der Waals surface area contributed by atoms with Gasteiger partial charge in [0.25, 0.3) is 0 Å². The van der Waals surface area contributed by atoms with Gasteiger partial charge in [0.05, 0.1) is 5.02 Å². The van der Waals surface area contributed by atoms with Gasteiger partial charge in [-0.1, -0.05) is 44.9 Å². The van der Waals surface area contributed by atoms with Gasteiger partial charge in [-0.25, -0.2) is 0 Å². The molecule has 2 saturated heterocycles. The molecule has 1 aromatic rings. The van der Waals surface area contributed by atoms with Crippen LogP contribution in [0, 0.1) is 5.92 Å². The lowest BCUT2D eigenvalue weighted by Crippen LogP contribution is -2.73. The van der Waals surface area contributed by atoms with Crippen molar-refractivity contribution in [3.63, 3.8) is 0 Å². The zero-order valence-electron chi connectivity index (χ0n) is 19.3. The maximum Gasteiger partial charge on any atom is 0.246 e. The lowest BCUT2D eigenvalue weighted by atomic mass is 9.80. The van der Waals surface area contributed by atoms with Crippen molar-refractivity contribution in [2.45, 2.75) is 71.0 Å². The van der Waals surface area contributed by atoms with Gasteiger partial charge < -0.3 is 19.7 Å². The number of piperidine rings is 1. The van der Waals surface area contributed by atoms with E-state index in [-0.39, 0.29) is 18.6 Å². The standard InChI is InChI=1S/C24H34ClN3O4/c1-4-5-10-28-22(29)18(13-16(2)3)26-23(30)24(28)8-11-27(12-9-24)14-17-6-7-19-21(20(17)25)32-15-31-19/h6-7,16,18H,4-5,8-15H2,1-3H3,(H,26,30). The number of amides is 2. The zero-order chi connectivity index (χ0) is 22.9. The topological polar surface area (TPSA) is 71.1 Å². The minimum atomic E-state index is -0.741. The lowest BCUT2D eigenvalue weighted by Gasteiger charge is -2.52. The second kappa shape index (κ2) is 9.48. The summed E-state index contributed by atoms with van der Waals surface area (Å²) in [6.45, 7) is 9.24. The number of hydrogen-bond donors (Lipinski definition) is 1. The van der Waals surface area contributed by atoms with Crippen LogP contribution in [0.5, 0.6) is 11.5 Å².